The summed E-state index contributed by atoms with van der Waals surface area (Å²) in [5, 5.41) is 2.88. The SMILES string of the molecule is CCOc1ccccc1N1C[C@H](C(=O)OCC(=O)Nc2c(CC)cccc2CC)CC1=O. The summed E-state index contributed by atoms with van der Waals surface area (Å²) >= 11 is 0. The molecule has 1 heterocycles. The molecule has 2 aromatic rings. The zero-order chi connectivity index (χ0) is 23.1. The van der Waals surface area contributed by atoms with E-state index in [2.05, 4.69) is 5.32 Å². The summed E-state index contributed by atoms with van der Waals surface area (Å²) in [6, 6.07) is 13.2. The fraction of sp³-hybridized carbons (Fsp3) is 0.400. The predicted molar refractivity (Wildman–Crippen MR) is 123 cm³/mol. The van der Waals surface area contributed by atoms with E-state index < -0.39 is 17.8 Å². The number of hydrogen-bond donors (Lipinski definition) is 1. The van der Waals surface area contributed by atoms with Gasteiger partial charge in [0.05, 0.1) is 18.2 Å². The minimum Gasteiger partial charge on any atom is -0.492 e. The highest BCUT2D eigenvalue weighted by Crippen LogP contribution is 2.33. The molecule has 1 atom stereocenters. The zero-order valence-corrected chi connectivity index (χ0v) is 18.8. The largest absolute Gasteiger partial charge is 0.492 e. The van der Waals surface area contributed by atoms with Crippen LogP contribution in [0.5, 0.6) is 5.75 Å². The molecule has 7 nitrogen and oxygen atoms in total. The van der Waals surface area contributed by atoms with Crippen molar-refractivity contribution in [3.8, 4) is 5.75 Å². The first kappa shape index (κ1) is 23.3. The van der Waals surface area contributed by atoms with Crippen molar-refractivity contribution in [3.05, 3.63) is 53.6 Å². The number of anilines is 2. The number of hydrogen-bond acceptors (Lipinski definition) is 5. The molecule has 1 aliphatic rings. The predicted octanol–water partition coefficient (Wildman–Crippen LogP) is 3.74. The van der Waals surface area contributed by atoms with Gasteiger partial charge in [-0.2, -0.15) is 0 Å². The lowest BCUT2D eigenvalue weighted by atomic mass is 10.0. The summed E-state index contributed by atoms with van der Waals surface area (Å²) in [7, 11) is 0. The summed E-state index contributed by atoms with van der Waals surface area (Å²) in [5.74, 6) is -1.15. The van der Waals surface area contributed by atoms with E-state index >= 15 is 0 Å². The maximum Gasteiger partial charge on any atom is 0.311 e. The van der Waals surface area contributed by atoms with Crippen LogP contribution in [0.1, 0.15) is 38.3 Å². The number of nitrogens with zero attached hydrogens (tertiary/aromatic N) is 1. The highest BCUT2D eigenvalue weighted by Gasteiger charge is 2.37. The molecular formula is C25H30N2O5. The van der Waals surface area contributed by atoms with E-state index in [1.54, 1.807) is 17.0 Å². The van der Waals surface area contributed by atoms with E-state index in [0.29, 0.717) is 18.0 Å². The number of benzene rings is 2. The Morgan fingerprint density at radius 3 is 2.38 bits per heavy atom. The van der Waals surface area contributed by atoms with Gasteiger partial charge in [-0.3, -0.25) is 14.4 Å². The fourth-order valence-electron chi connectivity index (χ4n) is 3.89. The van der Waals surface area contributed by atoms with Crippen LogP contribution in [-0.4, -0.2) is 37.5 Å². The number of aryl methyl sites for hydroxylation is 2. The molecule has 0 spiro atoms. The van der Waals surface area contributed by atoms with E-state index in [1.165, 1.54) is 0 Å². The van der Waals surface area contributed by atoms with Crippen molar-refractivity contribution in [2.24, 2.45) is 5.92 Å². The van der Waals surface area contributed by atoms with E-state index in [9.17, 15) is 14.4 Å². The number of amides is 2. The van der Waals surface area contributed by atoms with Crippen LogP contribution >= 0.6 is 0 Å². The molecule has 0 bridgehead atoms. The molecule has 3 rings (SSSR count). The number of para-hydroxylation sites is 3. The van der Waals surface area contributed by atoms with E-state index in [0.717, 1.165) is 29.7 Å². The summed E-state index contributed by atoms with van der Waals surface area (Å²) in [5.41, 5.74) is 3.49. The molecule has 32 heavy (non-hydrogen) atoms. The fourth-order valence-corrected chi connectivity index (χ4v) is 3.89. The molecule has 1 saturated heterocycles. The standard InChI is InChI=1S/C25H30N2O5/c1-4-17-10-9-11-18(5-2)24(17)26-22(28)16-32-25(30)19-14-23(29)27(15-19)20-12-7-8-13-21(20)31-6-3/h7-13,19H,4-6,14-16H2,1-3H3,(H,26,28)/t19-/m1/s1. The van der Waals surface area contributed by atoms with Crippen LogP contribution in [0.3, 0.4) is 0 Å². The Hall–Kier alpha value is -3.35. The van der Waals surface area contributed by atoms with Crippen molar-refractivity contribution < 1.29 is 23.9 Å². The highest BCUT2D eigenvalue weighted by molar-refractivity contribution is 6.01. The number of esters is 1. The third kappa shape index (κ3) is 5.28. The van der Waals surface area contributed by atoms with Gasteiger partial charge in [0.1, 0.15) is 5.75 Å². The minimum atomic E-state index is -0.626. The van der Waals surface area contributed by atoms with E-state index in [4.69, 9.17) is 9.47 Å². The van der Waals surface area contributed by atoms with Crippen molar-refractivity contribution in [1.29, 1.82) is 0 Å². The average molecular weight is 439 g/mol. The second-order valence-corrected chi connectivity index (χ2v) is 7.62. The van der Waals surface area contributed by atoms with Gasteiger partial charge in [0.15, 0.2) is 6.61 Å². The lowest BCUT2D eigenvalue weighted by Crippen LogP contribution is -2.28. The van der Waals surface area contributed by atoms with Crippen molar-refractivity contribution >= 4 is 29.2 Å². The summed E-state index contributed by atoms with van der Waals surface area (Å²) in [6.45, 7) is 6.20. The lowest BCUT2D eigenvalue weighted by Gasteiger charge is -2.20. The Morgan fingerprint density at radius 1 is 1.03 bits per heavy atom. The maximum absolute atomic E-state index is 12.6. The molecule has 1 N–H and O–H groups in total. The number of rotatable bonds is 9. The molecule has 170 valence electrons. The molecule has 0 aliphatic carbocycles. The summed E-state index contributed by atoms with van der Waals surface area (Å²) in [4.78, 5) is 39.1. The summed E-state index contributed by atoms with van der Waals surface area (Å²) < 4.78 is 10.9. The number of ether oxygens (including phenoxy) is 2. The summed E-state index contributed by atoms with van der Waals surface area (Å²) in [6.07, 6.45) is 1.61. The van der Waals surface area contributed by atoms with Gasteiger partial charge in [-0.15, -0.1) is 0 Å². The average Bonchev–Trinajstić information content (AvgIpc) is 3.19. The van der Waals surface area contributed by atoms with Crippen LogP contribution in [0.2, 0.25) is 0 Å². The number of carbonyl (C=O) groups is 3. The Bertz CT molecular complexity index is 966. The molecular weight excluding hydrogens is 408 g/mol. The molecule has 2 aromatic carbocycles. The Balaban J connectivity index is 1.60. The van der Waals surface area contributed by atoms with Crippen molar-refractivity contribution in [2.75, 3.05) is 30.0 Å². The molecule has 1 aliphatic heterocycles. The second kappa shape index (κ2) is 10.8. The Labute approximate surface area is 188 Å². The monoisotopic (exact) mass is 438 g/mol. The first-order valence-corrected chi connectivity index (χ1v) is 11.1. The van der Waals surface area contributed by atoms with Gasteiger partial charge in [0, 0.05) is 18.7 Å². The maximum atomic E-state index is 12.6. The van der Waals surface area contributed by atoms with E-state index in [-0.39, 0.29) is 25.5 Å². The van der Waals surface area contributed by atoms with Gasteiger partial charge >= 0.3 is 5.97 Å². The normalized spacial score (nSPS) is 15.5. The molecule has 7 heteroatoms. The topological polar surface area (TPSA) is 84.9 Å². The minimum absolute atomic E-state index is 0.0412. The first-order chi connectivity index (χ1) is 15.5. The van der Waals surface area contributed by atoms with Gasteiger partial charge in [0.2, 0.25) is 5.91 Å². The van der Waals surface area contributed by atoms with Gasteiger partial charge < -0.3 is 19.7 Å². The van der Waals surface area contributed by atoms with Crippen molar-refractivity contribution in [1.82, 2.24) is 0 Å². The van der Waals surface area contributed by atoms with Crippen molar-refractivity contribution in [2.45, 2.75) is 40.0 Å². The molecule has 0 unspecified atom stereocenters. The van der Waals surface area contributed by atoms with Crippen LogP contribution in [0.15, 0.2) is 42.5 Å². The van der Waals surface area contributed by atoms with Crippen LogP contribution in [0.4, 0.5) is 11.4 Å². The van der Waals surface area contributed by atoms with Gasteiger partial charge in [-0.25, -0.2) is 0 Å². The van der Waals surface area contributed by atoms with E-state index in [1.807, 2.05) is 51.1 Å². The van der Waals surface area contributed by atoms with Gasteiger partial charge in [-0.05, 0) is 43.0 Å². The van der Waals surface area contributed by atoms with Crippen LogP contribution in [-0.2, 0) is 32.0 Å². The zero-order valence-electron chi connectivity index (χ0n) is 18.8. The smallest absolute Gasteiger partial charge is 0.311 e. The van der Waals surface area contributed by atoms with Gasteiger partial charge in [-0.1, -0.05) is 44.2 Å². The number of carbonyl (C=O) groups excluding carboxylic acids is 3. The third-order valence-corrected chi connectivity index (χ3v) is 5.52. The molecule has 1 fully saturated rings. The second-order valence-electron chi connectivity index (χ2n) is 7.62. The third-order valence-electron chi connectivity index (χ3n) is 5.52. The molecule has 2 amide bonds. The molecule has 0 saturated carbocycles. The molecule has 0 aromatic heterocycles. The number of nitrogens with one attached hydrogen (secondary N) is 1. The highest BCUT2D eigenvalue weighted by atomic mass is 16.5. The Kier molecular flexibility index (Phi) is 7.87. The quantitative estimate of drug-likeness (QED) is 0.603. The van der Waals surface area contributed by atoms with Crippen molar-refractivity contribution in [3.63, 3.8) is 0 Å². The van der Waals surface area contributed by atoms with Gasteiger partial charge in [0.25, 0.3) is 5.91 Å². The van der Waals surface area contributed by atoms with Crippen LogP contribution in [0.25, 0.3) is 0 Å². The van der Waals surface area contributed by atoms with Crippen LogP contribution < -0.4 is 15.0 Å². The Morgan fingerprint density at radius 2 is 1.72 bits per heavy atom. The lowest BCUT2D eigenvalue weighted by molar-refractivity contribution is -0.151. The molecule has 0 radical (unpaired) electrons. The van der Waals surface area contributed by atoms with Crippen LogP contribution in [0, 0.1) is 5.92 Å². The first-order valence-electron chi connectivity index (χ1n) is 11.1.